The van der Waals surface area contributed by atoms with Crippen LogP contribution in [0.4, 0.5) is 5.69 Å². The van der Waals surface area contributed by atoms with E-state index in [1.807, 2.05) is 12.1 Å². The van der Waals surface area contributed by atoms with Crippen LogP contribution in [0.1, 0.15) is 23.0 Å². The van der Waals surface area contributed by atoms with Crippen molar-refractivity contribution in [1.29, 1.82) is 0 Å². The van der Waals surface area contributed by atoms with E-state index in [2.05, 4.69) is 24.0 Å². The third-order valence-corrected chi connectivity index (χ3v) is 3.89. The fraction of sp³-hybridized carbons (Fsp3) is 0.357. The van der Waals surface area contributed by atoms with Gasteiger partial charge in [-0.3, -0.25) is 4.79 Å². The summed E-state index contributed by atoms with van der Waals surface area (Å²) in [5.74, 6) is 0. The van der Waals surface area contributed by atoms with Crippen molar-refractivity contribution in [3.8, 4) is 0 Å². The number of hydrogen-bond acceptors (Lipinski definition) is 4. The zero-order valence-electron chi connectivity index (χ0n) is 10.4. The first kappa shape index (κ1) is 13.1. The number of hydrogen-bond donors (Lipinski definition) is 1. The van der Waals surface area contributed by atoms with Crippen LogP contribution in [0.3, 0.4) is 0 Å². The van der Waals surface area contributed by atoms with E-state index < -0.39 is 0 Å². The van der Waals surface area contributed by atoms with Gasteiger partial charge >= 0.3 is 0 Å². The van der Waals surface area contributed by atoms with Crippen LogP contribution in [-0.4, -0.2) is 31.1 Å². The van der Waals surface area contributed by atoms with Gasteiger partial charge in [0.05, 0.1) is 11.5 Å². The van der Waals surface area contributed by atoms with E-state index in [0.717, 1.165) is 39.9 Å². The normalized spacial score (nSPS) is 10.8. The van der Waals surface area contributed by atoms with Crippen LogP contribution in [0.25, 0.3) is 10.1 Å². The Bertz CT molecular complexity index is 530. The van der Waals surface area contributed by atoms with Crippen LogP contribution in [-0.2, 0) is 0 Å². The second-order valence-corrected chi connectivity index (χ2v) is 5.31. The van der Waals surface area contributed by atoms with Crippen LogP contribution in [0.15, 0.2) is 24.3 Å². The maximum absolute atomic E-state index is 10.8. The molecule has 0 radical (unpaired) electrons. The standard InChI is InChI=1S/C14H17NO2S/c1-2-5-15(6-7-16)12-4-3-11-8-13(10-17)18-14(11)9-12/h3-4,8-10,16H,2,5-7H2,1H3. The molecule has 0 atom stereocenters. The second-order valence-electron chi connectivity index (χ2n) is 4.20. The average Bonchev–Trinajstić information content (AvgIpc) is 2.80. The van der Waals surface area contributed by atoms with E-state index in [1.165, 1.54) is 11.3 Å². The molecule has 0 saturated heterocycles. The number of aliphatic hydroxyl groups is 1. The van der Waals surface area contributed by atoms with Crippen molar-refractivity contribution in [3.05, 3.63) is 29.1 Å². The summed E-state index contributed by atoms with van der Waals surface area (Å²) < 4.78 is 1.12. The first-order valence-corrected chi connectivity index (χ1v) is 6.94. The zero-order chi connectivity index (χ0) is 13.0. The summed E-state index contributed by atoms with van der Waals surface area (Å²) in [6.07, 6.45) is 1.93. The molecule has 1 heterocycles. The Balaban J connectivity index is 2.34. The topological polar surface area (TPSA) is 40.5 Å². The highest BCUT2D eigenvalue weighted by molar-refractivity contribution is 7.20. The Morgan fingerprint density at radius 3 is 2.83 bits per heavy atom. The Labute approximate surface area is 111 Å². The van der Waals surface area contributed by atoms with Crippen LogP contribution >= 0.6 is 11.3 Å². The first-order chi connectivity index (χ1) is 8.78. The lowest BCUT2D eigenvalue weighted by atomic mass is 10.2. The van der Waals surface area contributed by atoms with Gasteiger partial charge in [-0.15, -0.1) is 11.3 Å². The van der Waals surface area contributed by atoms with Crippen LogP contribution in [0.5, 0.6) is 0 Å². The number of carbonyl (C=O) groups is 1. The summed E-state index contributed by atoms with van der Waals surface area (Å²) in [5.41, 5.74) is 1.11. The van der Waals surface area contributed by atoms with Gasteiger partial charge in [-0.25, -0.2) is 0 Å². The van der Waals surface area contributed by atoms with Crippen molar-refractivity contribution in [2.45, 2.75) is 13.3 Å². The molecule has 0 aliphatic rings. The van der Waals surface area contributed by atoms with Crippen molar-refractivity contribution < 1.29 is 9.90 Å². The van der Waals surface area contributed by atoms with Gasteiger partial charge in [-0.1, -0.05) is 13.0 Å². The van der Waals surface area contributed by atoms with Gasteiger partial charge in [0, 0.05) is 23.5 Å². The summed E-state index contributed by atoms with van der Waals surface area (Å²) in [4.78, 5) is 13.7. The van der Waals surface area contributed by atoms with E-state index in [4.69, 9.17) is 5.11 Å². The van der Waals surface area contributed by atoms with E-state index in [1.54, 1.807) is 0 Å². The molecule has 96 valence electrons. The number of aliphatic hydroxyl groups excluding tert-OH is 1. The lowest BCUT2D eigenvalue weighted by molar-refractivity contribution is 0.112. The summed E-state index contributed by atoms with van der Waals surface area (Å²) >= 11 is 1.51. The molecule has 0 fully saturated rings. The predicted octanol–water partition coefficient (Wildman–Crippen LogP) is 2.92. The number of anilines is 1. The third kappa shape index (κ3) is 2.71. The Hall–Kier alpha value is -1.39. The molecule has 1 aromatic carbocycles. The number of benzene rings is 1. The fourth-order valence-electron chi connectivity index (χ4n) is 2.06. The van der Waals surface area contributed by atoms with E-state index in [9.17, 15) is 4.79 Å². The molecule has 0 unspecified atom stereocenters. The molecule has 0 aliphatic heterocycles. The predicted molar refractivity (Wildman–Crippen MR) is 76.8 cm³/mol. The zero-order valence-corrected chi connectivity index (χ0v) is 11.2. The minimum Gasteiger partial charge on any atom is -0.395 e. The highest BCUT2D eigenvalue weighted by Crippen LogP contribution is 2.29. The van der Waals surface area contributed by atoms with Crippen LogP contribution in [0, 0.1) is 0 Å². The fourth-order valence-corrected chi connectivity index (χ4v) is 2.97. The number of aldehydes is 1. The van der Waals surface area contributed by atoms with Gasteiger partial charge in [0.25, 0.3) is 0 Å². The van der Waals surface area contributed by atoms with Gasteiger partial charge < -0.3 is 10.0 Å². The molecular formula is C14H17NO2S. The molecule has 4 heteroatoms. The maximum atomic E-state index is 10.8. The Morgan fingerprint density at radius 2 is 2.17 bits per heavy atom. The molecule has 0 spiro atoms. The molecule has 2 rings (SSSR count). The smallest absolute Gasteiger partial charge is 0.160 e. The second kappa shape index (κ2) is 5.98. The van der Waals surface area contributed by atoms with Crippen LogP contribution in [0.2, 0.25) is 0 Å². The van der Waals surface area contributed by atoms with Crippen molar-refractivity contribution in [2.75, 3.05) is 24.6 Å². The SMILES string of the molecule is CCCN(CCO)c1ccc2cc(C=O)sc2c1. The number of rotatable bonds is 6. The lowest BCUT2D eigenvalue weighted by Crippen LogP contribution is -2.27. The molecule has 0 bridgehead atoms. The highest BCUT2D eigenvalue weighted by atomic mass is 32.1. The quantitative estimate of drug-likeness (QED) is 0.815. The largest absolute Gasteiger partial charge is 0.395 e. The third-order valence-electron chi connectivity index (χ3n) is 2.87. The van der Waals surface area contributed by atoms with E-state index in [0.29, 0.717) is 6.54 Å². The van der Waals surface area contributed by atoms with Gasteiger partial charge in [-0.05, 0) is 30.0 Å². The van der Waals surface area contributed by atoms with Gasteiger partial charge in [0.2, 0.25) is 0 Å². The number of thiophene rings is 1. The monoisotopic (exact) mass is 263 g/mol. The molecule has 3 nitrogen and oxygen atoms in total. The molecule has 0 saturated carbocycles. The summed E-state index contributed by atoms with van der Waals surface area (Å²) in [5, 5.41) is 10.2. The maximum Gasteiger partial charge on any atom is 0.160 e. The summed E-state index contributed by atoms with van der Waals surface area (Å²) in [6, 6.07) is 8.09. The average molecular weight is 263 g/mol. The Morgan fingerprint density at radius 1 is 1.33 bits per heavy atom. The number of carbonyl (C=O) groups excluding carboxylic acids is 1. The van der Waals surface area contributed by atoms with Gasteiger partial charge in [-0.2, -0.15) is 0 Å². The molecule has 1 aromatic heterocycles. The van der Waals surface area contributed by atoms with E-state index >= 15 is 0 Å². The molecule has 0 amide bonds. The molecule has 0 aliphatic carbocycles. The van der Waals surface area contributed by atoms with E-state index in [-0.39, 0.29) is 6.61 Å². The summed E-state index contributed by atoms with van der Waals surface area (Å²) in [7, 11) is 0. The summed E-state index contributed by atoms with van der Waals surface area (Å²) in [6.45, 7) is 3.85. The molecule has 18 heavy (non-hydrogen) atoms. The molecular weight excluding hydrogens is 246 g/mol. The minimum atomic E-state index is 0.155. The molecule has 2 aromatic rings. The van der Waals surface area contributed by atoms with Crippen molar-refractivity contribution >= 4 is 33.4 Å². The minimum absolute atomic E-state index is 0.155. The van der Waals surface area contributed by atoms with Gasteiger partial charge in [0.15, 0.2) is 6.29 Å². The van der Waals surface area contributed by atoms with Gasteiger partial charge in [0.1, 0.15) is 0 Å². The Kier molecular flexibility index (Phi) is 4.33. The first-order valence-electron chi connectivity index (χ1n) is 6.13. The van der Waals surface area contributed by atoms with Crippen molar-refractivity contribution in [2.24, 2.45) is 0 Å². The lowest BCUT2D eigenvalue weighted by Gasteiger charge is -2.23. The highest BCUT2D eigenvalue weighted by Gasteiger charge is 2.07. The van der Waals surface area contributed by atoms with Crippen molar-refractivity contribution in [1.82, 2.24) is 0 Å². The van der Waals surface area contributed by atoms with Crippen molar-refractivity contribution in [3.63, 3.8) is 0 Å². The number of fused-ring (bicyclic) bond motifs is 1. The number of nitrogens with zero attached hydrogens (tertiary/aromatic N) is 1. The van der Waals surface area contributed by atoms with Crippen LogP contribution < -0.4 is 4.90 Å². The molecule has 1 N–H and O–H groups in total.